The fourth-order valence-electron chi connectivity index (χ4n) is 13.8. The summed E-state index contributed by atoms with van der Waals surface area (Å²) in [6, 6.07) is 35.6. The number of halogens is 1. The molecule has 2 unspecified atom stereocenters. The number of methoxy groups -OCH3 is 4. The molecule has 120 heavy (non-hydrogen) atoms. The fraction of sp³-hybridized carbons (Fsp3) is 0.226. The Bertz CT molecular complexity index is 5950. The van der Waals surface area contributed by atoms with Gasteiger partial charge in [0.25, 0.3) is 47.3 Å². The molecular weight excluding hydrogens is 1610 g/mol. The van der Waals surface area contributed by atoms with Crippen molar-refractivity contribution in [3.8, 4) is 70.4 Å². The maximum absolute atomic E-state index is 13.0. The monoisotopic (exact) mass is 1680 g/mol. The molecule has 11 heterocycles. The zero-order chi connectivity index (χ0) is 85.2. The number of carbonyl (C=O) groups is 12. The topological polar surface area (TPSA) is 429 Å². The van der Waals surface area contributed by atoms with Crippen molar-refractivity contribution in [2.75, 3.05) is 67.7 Å². The van der Waals surface area contributed by atoms with Crippen molar-refractivity contribution < 1.29 is 86.9 Å². The zero-order valence-electron chi connectivity index (χ0n) is 64.3. The van der Waals surface area contributed by atoms with E-state index in [2.05, 4.69) is 105 Å². The highest BCUT2D eigenvalue weighted by atomic mass is 35.5. The first-order valence-corrected chi connectivity index (χ1v) is 38.4. The Morgan fingerprint density at radius 2 is 0.875 bits per heavy atom. The number of amides is 16. The average molecular weight is 1680 g/mol. The lowest BCUT2D eigenvalue weighted by Gasteiger charge is -2.33. The summed E-state index contributed by atoms with van der Waals surface area (Å²) in [7, 11) is 6.18. The van der Waals surface area contributed by atoms with Gasteiger partial charge in [-0.05, 0) is 157 Å². The average Bonchev–Trinajstić information content (AvgIpc) is 1.59. The minimum absolute atomic E-state index is 0.0534. The van der Waals surface area contributed by atoms with Gasteiger partial charge in [0.15, 0.2) is 0 Å². The van der Waals surface area contributed by atoms with Gasteiger partial charge in [-0.15, -0.1) is 22.7 Å². The number of ether oxygens (including phenoxy) is 4. The zero-order valence-corrected chi connectivity index (χ0v) is 66.6. The number of hydrogen-bond donors (Lipinski definition) is 10. The molecule has 0 radical (unpaired) electrons. The number of thiophene rings is 2. The van der Waals surface area contributed by atoms with E-state index in [0.29, 0.717) is 114 Å². The van der Waals surface area contributed by atoms with Crippen LogP contribution >= 0.6 is 34.3 Å². The molecule has 8 aliphatic rings. The number of urea groups is 4. The van der Waals surface area contributed by atoms with Crippen molar-refractivity contribution in [2.24, 2.45) is 10.3 Å². The van der Waals surface area contributed by atoms with E-state index in [1.54, 1.807) is 155 Å². The second-order valence-corrected chi connectivity index (χ2v) is 30.5. The Morgan fingerprint density at radius 3 is 1.28 bits per heavy atom. The van der Waals surface area contributed by atoms with Crippen LogP contribution in [0.3, 0.4) is 0 Å². The molecule has 4 fully saturated rings. The number of oxime groups is 2. The largest absolute Gasteiger partial charge is 0.497 e. The van der Waals surface area contributed by atoms with E-state index in [9.17, 15) is 57.5 Å². The van der Waals surface area contributed by atoms with E-state index >= 15 is 0 Å². The molecule has 36 heteroatoms. The van der Waals surface area contributed by atoms with Gasteiger partial charge in [-0.25, -0.2) is 19.2 Å². The number of pyridine rings is 1. The van der Waals surface area contributed by atoms with Gasteiger partial charge in [0.1, 0.15) is 23.0 Å². The molecule has 608 valence electrons. The molecule has 0 aliphatic carbocycles. The molecule has 4 atom stereocenters. The van der Waals surface area contributed by atoms with E-state index < -0.39 is 69.9 Å². The number of fused-ring (bicyclic) bond motifs is 4. The Labute approximate surface area is 697 Å². The van der Waals surface area contributed by atoms with Crippen LogP contribution in [0, 0.1) is 47.4 Å². The lowest BCUT2D eigenvalue weighted by Crippen LogP contribution is -2.56. The smallest absolute Gasteiger partial charge is 0.323 e. The fourth-order valence-corrected chi connectivity index (χ4v) is 15.5. The van der Waals surface area contributed by atoms with E-state index in [1.807, 2.05) is 12.1 Å². The highest BCUT2D eigenvalue weighted by Crippen LogP contribution is 2.33. The SMILES string of the molecule is COc1ccc2c(c1)C(=O)N(C[C@@]1(C#Cc3ccc(C(C)=NO)s3)NC(=O)NC1=O)C2.COc1ccc2c(c1)C(=O)N(C[C@@]1(C#Cc3cccc(C=NO)c3)NC(=O)NC1=O)C2.COc1ccc2c(c1)CCN(CC1(C#Cc3ccc(Cl)s3)NC(=O)NC1=O)C2=O.COc1ccc2c(c1)CCN(CC1(C#Cc3cccnc3)NC(=O)NC1=O)C2=O. The van der Waals surface area contributed by atoms with Crippen LogP contribution in [0.5, 0.6) is 23.0 Å². The molecule has 33 nitrogen and oxygen atoms in total. The highest BCUT2D eigenvalue weighted by Gasteiger charge is 2.52. The van der Waals surface area contributed by atoms with Gasteiger partial charge in [-0.1, -0.05) is 93.5 Å². The van der Waals surface area contributed by atoms with Gasteiger partial charge < -0.3 is 70.2 Å². The number of imide groups is 4. The van der Waals surface area contributed by atoms with Crippen molar-refractivity contribution in [2.45, 2.75) is 55.0 Å². The summed E-state index contributed by atoms with van der Waals surface area (Å²) in [5.74, 6) is 22.1. The van der Waals surface area contributed by atoms with E-state index in [-0.39, 0.29) is 56.4 Å². The third-order valence-electron chi connectivity index (χ3n) is 19.9. The van der Waals surface area contributed by atoms with Crippen molar-refractivity contribution in [3.05, 3.63) is 226 Å². The molecular formula is C84H70ClN15O18S2. The summed E-state index contributed by atoms with van der Waals surface area (Å²) in [4.78, 5) is 162. The van der Waals surface area contributed by atoms with Gasteiger partial charge in [0, 0.05) is 72.0 Å². The van der Waals surface area contributed by atoms with Crippen LogP contribution in [-0.2, 0) is 45.1 Å². The van der Waals surface area contributed by atoms with Crippen LogP contribution in [0.25, 0.3) is 0 Å². The van der Waals surface area contributed by atoms with Gasteiger partial charge in [0.05, 0.1) is 85.5 Å². The van der Waals surface area contributed by atoms with Gasteiger partial charge in [-0.2, -0.15) is 0 Å². The number of aromatic nitrogens is 1. The maximum Gasteiger partial charge on any atom is 0.323 e. The van der Waals surface area contributed by atoms with E-state index in [4.69, 9.17) is 41.0 Å². The Balaban J connectivity index is 0.000000138. The third-order valence-corrected chi connectivity index (χ3v) is 22.2. The first-order valence-electron chi connectivity index (χ1n) is 36.4. The van der Waals surface area contributed by atoms with Crippen molar-refractivity contribution >= 4 is 118 Å². The van der Waals surface area contributed by atoms with Crippen LogP contribution in [0.2, 0.25) is 4.34 Å². The minimum atomic E-state index is -1.60. The number of benzene rings is 5. The van der Waals surface area contributed by atoms with Crippen LogP contribution < -0.4 is 61.5 Å². The predicted molar refractivity (Wildman–Crippen MR) is 434 cm³/mol. The molecule has 5 aromatic carbocycles. The maximum atomic E-state index is 13.0. The normalized spacial score (nSPS) is 20.1. The van der Waals surface area contributed by atoms with E-state index in [1.165, 1.54) is 62.7 Å². The van der Waals surface area contributed by atoms with Crippen LogP contribution in [-0.4, -0.2) is 208 Å². The summed E-state index contributed by atoms with van der Waals surface area (Å²) in [6.45, 7) is 2.69. The molecule has 8 aromatic rings. The van der Waals surface area contributed by atoms with Crippen LogP contribution in [0.4, 0.5) is 19.2 Å². The molecule has 4 saturated heterocycles. The van der Waals surface area contributed by atoms with Crippen LogP contribution in [0.15, 0.2) is 156 Å². The highest BCUT2D eigenvalue weighted by molar-refractivity contribution is 7.16. The predicted octanol–water partition coefficient (Wildman–Crippen LogP) is 5.39. The number of rotatable bonds is 14. The summed E-state index contributed by atoms with van der Waals surface area (Å²) in [5, 5.41) is 42.9. The Hall–Kier alpha value is -15.0. The second kappa shape index (κ2) is 35.2. The van der Waals surface area contributed by atoms with Crippen molar-refractivity contribution in [1.82, 2.24) is 67.1 Å². The van der Waals surface area contributed by atoms with Gasteiger partial charge in [0.2, 0.25) is 22.2 Å². The van der Waals surface area contributed by atoms with Gasteiger partial charge in [-0.3, -0.25) is 64.6 Å². The minimum Gasteiger partial charge on any atom is -0.497 e. The first kappa shape index (κ1) is 82.9. The summed E-state index contributed by atoms with van der Waals surface area (Å²) in [5.41, 5.74) is 1.45. The number of hydrogen-bond acceptors (Lipinski definition) is 23. The van der Waals surface area contributed by atoms with Gasteiger partial charge >= 0.3 is 24.1 Å². The third kappa shape index (κ3) is 18.0. The lowest BCUT2D eigenvalue weighted by atomic mass is 9.94. The molecule has 0 saturated carbocycles. The lowest BCUT2D eigenvalue weighted by molar-refractivity contribution is -0.123. The molecule has 8 aliphatic heterocycles. The first-order chi connectivity index (χ1) is 57.7. The standard InChI is InChI=1S/C22H18N4O5.C21H18N4O5S.C21H18N4O4.C20H16ClN3O4S/c1-31-17-6-5-16-12-26(19(27)18(16)10-17)13-22(20(28)24-21(29)25-22)8-7-14-3-2-4-15(9-14)11-23-30;1-12(24-29)17-6-5-15(31-17)7-8-21(19(27)22-20(28)23-21)11-25-10-13-3-4-14(30-2)9-16(13)18(25)26;1-29-16-4-5-17-15(11-16)7-10-25(18(17)26)13-21(19(27)23-20(28)24-21)8-6-14-3-2-9-22-12-14;1-28-13-2-4-15-12(10-13)7-9-24(17(15)25)11-20(18(26)22-19(27)23-20)8-6-14-3-5-16(21)29-14/h2-6,9-11,30H,12-13H2,1H3,(H2,24,25,28,29);3-6,9,29H,10-11H2,1-2H3,(H2,22,23,27,28);2-5,9,11-12H,7,10,13H2,1H3,(H2,23,24,27,28);2-5,10H,7,9,11H2,1H3,(H2,22,23,26,27)/t22-;21-;;/m11../s1. The molecule has 10 N–H and O–H groups in total. The van der Waals surface area contributed by atoms with Crippen LogP contribution in [0.1, 0.15) is 102 Å². The Kier molecular flexibility index (Phi) is 24.3. The number of carbonyl (C=O) groups excluding carboxylic acids is 12. The Morgan fingerprint density at radius 1 is 0.467 bits per heavy atom. The second-order valence-electron chi connectivity index (χ2n) is 27.7. The quantitative estimate of drug-likeness (QED) is 0.0214. The van der Waals surface area contributed by atoms with Crippen molar-refractivity contribution in [3.63, 3.8) is 0 Å². The summed E-state index contributed by atoms with van der Waals surface area (Å²) in [6.07, 6.45) is 5.64. The summed E-state index contributed by atoms with van der Waals surface area (Å²) < 4.78 is 21.4. The molecule has 16 amide bonds. The van der Waals surface area contributed by atoms with Crippen molar-refractivity contribution in [1.29, 1.82) is 0 Å². The summed E-state index contributed by atoms with van der Waals surface area (Å²) >= 11 is 8.48. The molecule has 3 aromatic heterocycles. The van der Waals surface area contributed by atoms with E-state index in [0.717, 1.165) is 27.1 Å². The molecule has 0 spiro atoms. The number of nitrogens with one attached hydrogen (secondary N) is 8. The molecule has 0 bridgehead atoms. The molecule has 16 rings (SSSR count). The number of nitrogens with zero attached hydrogens (tertiary/aromatic N) is 7.